The molecule has 0 N–H and O–H groups in total. The van der Waals surface area contributed by atoms with Crippen LogP contribution in [0.3, 0.4) is 0 Å². The highest BCUT2D eigenvalue weighted by Gasteiger charge is 2.26. The van der Waals surface area contributed by atoms with Crippen LogP contribution < -0.4 is 0 Å². The Morgan fingerprint density at radius 2 is 1.89 bits per heavy atom. The molecule has 3 unspecified atom stereocenters. The number of hydrogen-bond acceptors (Lipinski definition) is 3. The third-order valence-corrected chi connectivity index (χ3v) is 4.87. The van der Waals surface area contributed by atoms with Crippen LogP contribution in [0.4, 0.5) is 0 Å². The van der Waals surface area contributed by atoms with E-state index in [4.69, 9.17) is 4.74 Å². The SMILES string of the molecule is CC1CCC(COC(=O)CN2CCCCC2)C(C)C1. The Balaban J connectivity index is 1.65. The molecule has 0 amide bonds. The quantitative estimate of drug-likeness (QED) is 0.733. The standard InChI is InChI=1S/C16H29NO2/c1-13-6-7-15(14(2)10-13)12-19-16(18)11-17-8-4-3-5-9-17/h13-15H,3-12H2,1-2H3. The first-order valence-corrected chi connectivity index (χ1v) is 8.03. The molecule has 2 rings (SSSR count). The van der Waals surface area contributed by atoms with Crippen LogP contribution >= 0.6 is 0 Å². The molecule has 1 aliphatic carbocycles. The molecule has 0 aromatic rings. The maximum absolute atomic E-state index is 11.9. The molecule has 19 heavy (non-hydrogen) atoms. The van der Waals surface area contributed by atoms with Crippen LogP contribution in [0, 0.1) is 17.8 Å². The van der Waals surface area contributed by atoms with E-state index in [1.807, 2.05) is 0 Å². The highest BCUT2D eigenvalue weighted by atomic mass is 16.5. The first kappa shape index (κ1) is 14.8. The second-order valence-electron chi connectivity index (χ2n) is 6.68. The van der Waals surface area contributed by atoms with Gasteiger partial charge in [0.1, 0.15) is 0 Å². The molecule has 0 spiro atoms. The van der Waals surface area contributed by atoms with Crippen molar-refractivity contribution in [1.82, 2.24) is 4.90 Å². The van der Waals surface area contributed by atoms with Crippen molar-refractivity contribution < 1.29 is 9.53 Å². The summed E-state index contributed by atoms with van der Waals surface area (Å²) in [4.78, 5) is 14.1. The molecule has 0 bridgehead atoms. The van der Waals surface area contributed by atoms with Crippen LogP contribution in [-0.2, 0) is 9.53 Å². The van der Waals surface area contributed by atoms with E-state index < -0.39 is 0 Å². The van der Waals surface area contributed by atoms with Gasteiger partial charge >= 0.3 is 5.97 Å². The van der Waals surface area contributed by atoms with Crippen LogP contribution in [0.15, 0.2) is 0 Å². The van der Waals surface area contributed by atoms with Gasteiger partial charge in [-0.3, -0.25) is 9.69 Å². The number of esters is 1. The maximum atomic E-state index is 11.9. The van der Waals surface area contributed by atoms with Gasteiger partial charge in [-0.25, -0.2) is 0 Å². The zero-order valence-corrected chi connectivity index (χ0v) is 12.6. The summed E-state index contributed by atoms with van der Waals surface area (Å²) in [5.41, 5.74) is 0. The molecule has 2 aliphatic rings. The fourth-order valence-electron chi connectivity index (χ4n) is 3.52. The van der Waals surface area contributed by atoms with Gasteiger partial charge in [0.05, 0.1) is 13.2 Å². The van der Waals surface area contributed by atoms with Gasteiger partial charge in [0.25, 0.3) is 0 Å². The summed E-state index contributed by atoms with van der Waals surface area (Å²) in [6.07, 6.45) is 7.56. The second kappa shape index (κ2) is 7.28. The minimum atomic E-state index is -0.0206. The monoisotopic (exact) mass is 267 g/mol. The largest absolute Gasteiger partial charge is 0.464 e. The first-order chi connectivity index (χ1) is 9.15. The summed E-state index contributed by atoms with van der Waals surface area (Å²) in [5, 5.41) is 0. The van der Waals surface area contributed by atoms with Crippen molar-refractivity contribution in [3.8, 4) is 0 Å². The Hall–Kier alpha value is -0.570. The zero-order chi connectivity index (χ0) is 13.7. The van der Waals surface area contributed by atoms with Gasteiger partial charge in [0.2, 0.25) is 0 Å². The van der Waals surface area contributed by atoms with E-state index >= 15 is 0 Å². The Morgan fingerprint density at radius 1 is 1.16 bits per heavy atom. The average Bonchev–Trinajstić information content (AvgIpc) is 2.39. The molecule has 1 heterocycles. The van der Waals surface area contributed by atoms with Gasteiger partial charge in [-0.05, 0) is 56.5 Å². The zero-order valence-electron chi connectivity index (χ0n) is 12.6. The number of piperidine rings is 1. The molecule has 2 fully saturated rings. The van der Waals surface area contributed by atoms with Gasteiger partial charge in [0.15, 0.2) is 0 Å². The van der Waals surface area contributed by atoms with Crippen molar-refractivity contribution >= 4 is 5.97 Å². The summed E-state index contributed by atoms with van der Waals surface area (Å²) in [6, 6.07) is 0. The van der Waals surface area contributed by atoms with Crippen LogP contribution in [0.1, 0.15) is 52.4 Å². The number of hydrogen-bond donors (Lipinski definition) is 0. The van der Waals surface area contributed by atoms with E-state index in [1.54, 1.807) is 0 Å². The van der Waals surface area contributed by atoms with Gasteiger partial charge in [-0.2, -0.15) is 0 Å². The normalized spacial score (nSPS) is 33.1. The molecule has 1 saturated carbocycles. The molecule has 0 aromatic carbocycles. The molecule has 3 heteroatoms. The average molecular weight is 267 g/mol. The Labute approximate surface area is 117 Å². The first-order valence-electron chi connectivity index (χ1n) is 8.03. The van der Waals surface area contributed by atoms with E-state index in [1.165, 1.54) is 38.5 Å². The number of rotatable bonds is 4. The number of carbonyl (C=O) groups is 1. The number of nitrogens with zero attached hydrogens (tertiary/aromatic N) is 1. The van der Waals surface area contributed by atoms with Crippen molar-refractivity contribution in [2.75, 3.05) is 26.2 Å². The second-order valence-corrected chi connectivity index (χ2v) is 6.68. The molecule has 1 aliphatic heterocycles. The van der Waals surface area contributed by atoms with Crippen LogP contribution in [0.25, 0.3) is 0 Å². The number of carbonyl (C=O) groups excluding carboxylic acids is 1. The molecule has 110 valence electrons. The van der Waals surface area contributed by atoms with Crippen LogP contribution in [0.2, 0.25) is 0 Å². The van der Waals surface area contributed by atoms with E-state index in [9.17, 15) is 4.79 Å². The lowest BCUT2D eigenvalue weighted by atomic mass is 9.76. The minimum absolute atomic E-state index is 0.0206. The fraction of sp³-hybridized carbons (Fsp3) is 0.938. The molecule has 3 atom stereocenters. The van der Waals surface area contributed by atoms with Crippen LogP contribution in [0.5, 0.6) is 0 Å². The summed E-state index contributed by atoms with van der Waals surface area (Å²) in [6.45, 7) is 7.89. The highest BCUT2D eigenvalue weighted by Crippen LogP contribution is 2.33. The van der Waals surface area contributed by atoms with Crippen molar-refractivity contribution in [3.05, 3.63) is 0 Å². The minimum Gasteiger partial charge on any atom is -0.464 e. The summed E-state index contributed by atoms with van der Waals surface area (Å²) in [7, 11) is 0. The lowest BCUT2D eigenvalue weighted by Crippen LogP contribution is -2.36. The molecular formula is C16H29NO2. The molecule has 1 saturated heterocycles. The van der Waals surface area contributed by atoms with Crippen molar-refractivity contribution in [3.63, 3.8) is 0 Å². The van der Waals surface area contributed by atoms with Crippen LogP contribution in [-0.4, -0.2) is 37.1 Å². The Morgan fingerprint density at radius 3 is 2.58 bits per heavy atom. The van der Waals surface area contributed by atoms with Crippen molar-refractivity contribution in [2.24, 2.45) is 17.8 Å². The molecular weight excluding hydrogens is 238 g/mol. The smallest absolute Gasteiger partial charge is 0.320 e. The fourth-order valence-corrected chi connectivity index (χ4v) is 3.52. The number of likely N-dealkylation sites (tertiary alicyclic amines) is 1. The van der Waals surface area contributed by atoms with E-state index in [2.05, 4.69) is 18.7 Å². The third-order valence-electron chi connectivity index (χ3n) is 4.87. The summed E-state index contributed by atoms with van der Waals surface area (Å²) >= 11 is 0. The van der Waals surface area contributed by atoms with Gasteiger partial charge in [-0.15, -0.1) is 0 Å². The molecule has 0 radical (unpaired) electrons. The van der Waals surface area contributed by atoms with Gasteiger partial charge in [0, 0.05) is 0 Å². The van der Waals surface area contributed by atoms with Crippen molar-refractivity contribution in [2.45, 2.75) is 52.4 Å². The molecule has 0 aromatic heterocycles. The van der Waals surface area contributed by atoms with Crippen molar-refractivity contribution in [1.29, 1.82) is 0 Å². The predicted octanol–water partition coefficient (Wildman–Crippen LogP) is 3.09. The van der Waals surface area contributed by atoms with Gasteiger partial charge < -0.3 is 4.74 Å². The van der Waals surface area contributed by atoms with Gasteiger partial charge in [-0.1, -0.05) is 26.7 Å². The topological polar surface area (TPSA) is 29.5 Å². The Bertz CT molecular complexity index is 286. The Kier molecular flexibility index (Phi) is 5.68. The predicted molar refractivity (Wildman–Crippen MR) is 76.9 cm³/mol. The summed E-state index contributed by atoms with van der Waals surface area (Å²) in [5.74, 6) is 2.11. The summed E-state index contributed by atoms with van der Waals surface area (Å²) < 4.78 is 5.51. The maximum Gasteiger partial charge on any atom is 0.320 e. The third kappa shape index (κ3) is 4.79. The van der Waals surface area contributed by atoms with E-state index in [-0.39, 0.29) is 5.97 Å². The van der Waals surface area contributed by atoms with E-state index in [0.29, 0.717) is 25.0 Å². The number of ether oxygens (including phenoxy) is 1. The molecule has 3 nitrogen and oxygen atoms in total. The lowest BCUT2D eigenvalue weighted by Gasteiger charge is -2.32. The highest BCUT2D eigenvalue weighted by molar-refractivity contribution is 5.71. The lowest BCUT2D eigenvalue weighted by molar-refractivity contribution is -0.147. The van der Waals surface area contributed by atoms with E-state index in [0.717, 1.165) is 19.0 Å².